The molecule has 0 aromatic carbocycles. The first-order valence-corrected chi connectivity index (χ1v) is 8.24. The number of hydrogen-bond donors (Lipinski definition) is 0. The van der Waals surface area contributed by atoms with Crippen molar-refractivity contribution < 1.29 is 0 Å². The van der Waals surface area contributed by atoms with Crippen molar-refractivity contribution in [2.24, 2.45) is 0 Å². The zero-order valence-electron chi connectivity index (χ0n) is 14.5. The summed E-state index contributed by atoms with van der Waals surface area (Å²) in [6.07, 6.45) is 4.24. The van der Waals surface area contributed by atoms with Gasteiger partial charge in [0.25, 0.3) is 0 Å². The third-order valence-corrected chi connectivity index (χ3v) is 4.68. The minimum Gasteiger partial charge on any atom is -0.355 e. The summed E-state index contributed by atoms with van der Waals surface area (Å²) in [5.74, 6) is 1.78. The van der Waals surface area contributed by atoms with Crippen molar-refractivity contribution in [1.29, 1.82) is 0 Å². The van der Waals surface area contributed by atoms with Crippen molar-refractivity contribution in [1.82, 2.24) is 19.9 Å². The number of aryl methyl sites for hydroxylation is 1. The van der Waals surface area contributed by atoms with E-state index in [4.69, 9.17) is 4.98 Å². The minimum atomic E-state index is 0.580. The summed E-state index contributed by atoms with van der Waals surface area (Å²) >= 11 is 0. The molecule has 0 amide bonds. The summed E-state index contributed by atoms with van der Waals surface area (Å²) in [5.41, 5.74) is 3.03. The lowest BCUT2D eigenvalue weighted by molar-refractivity contribution is 0.257. The van der Waals surface area contributed by atoms with Crippen molar-refractivity contribution in [3.63, 3.8) is 0 Å². The molecule has 2 aromatic heterocycles. The molecule has 1 atom stereocenters. The third kappa shape index (κ3) is 3.34. The molecular formula is C18H25N5. The summed E-state index contributed by atoms with van der Waals surface area (Å²) < 4.78 is 0. The van der Waals surface area contributed by atoms with E-state index in [9.17, 15) is 0 Å². The van der Waals surface area contributed by atoms with E-state index in [1.165, 1.54) is 18.4 Å². The first kappa shape index (κ1) is 15.9. The number of nitrogens with zero attached hydrogens (tertiary/aromatic N) is 5. The van der Waals surface area contributed by atoms with Crippen molar-refractivity contribution in [3.8, 4) is 11.5 Å². The molecule has 0 saturated carbocycles. The Labute approximate surface area is 138 Å². The summed E-state index contributed by atoms with van der Waals surface area (Å²) in [6, 6.07) is 6.44. The largest absolute Gasteiger partial charge is 0.355 e. The molecular weight excluding hydrogens is 286 g/mol. The highest BCUT2D eigenvalue weighted by molar-refractivity contribution is 5.57. The van der Waals surface area contributed by atoms with Crippen LogP contribution in [0.1, 0.15) is 24.1 Å². The molecule has 3 rings (SSSR count). The van der Waals surface area contributed by atoms with Crippen molar-refractivity contribution in [2.75, 3.05) is 32.1 Å². The Morgan fingerprint density at radius 1 is 1.17 bits per heavy atom. The van der Waals surface area contributed by atoms with Gasteiger partial charge in [0.2, 0.25) is 0 Å². The Kier molecular flexibility index (Phi) is 4.57. The van der Waals surface area contributed by atoms with Gasteiger partial charge in [-0.05, 0) is 52.9 Å². The fraction of sp³-hybridized carbons (Fsp3) is 0.500. The average Bonchev–Trinajstić information content (AvgIpc) is 2.58. The zero-order chi connectivity index (χ0) is 16.4. The van der Waals surface area contributed by atoms with E-state index in [-0.39, 0.29) is 0 Å². The highest BCUT2D eigenvalue weighted by Crippen LogP contribution is 2.26. The second-order valence-electron chi connectivity index (χ2n) is 6.50. The summed E-state index contributed by atoms with van der Waals surface area (Å²) in [4.78, 5) is 18.6. The maximum absolute atomic E-state index is 4.85. The maximum Gasteiger partial charge on any atom is 0.180 e. The molecule has 0 radical (unpaired) electrons. The highest BCUT2D eigenvalue weighted by Gasteiger charge is 2.24. The molecule has 1 unspecified atom stereocenters. The SMILES string of the molecule is Cc1nc(-c2ccccn2)nc(N2CCCC(N(C)C)C2)c1C. The van der Waals surface area contributed by atoms with Crippen LogP contribution in [0.25, 0.3) is 11.5 Å². The molecule has 5 heteroatoms. The number of rotatable bonds is 3. The lowest BCUT2D eigenvalue weighted by atomic mass is 10.0. The van der Waals surface area contributed by atoms with Crippen LogP contribution in [0.15, 0.2) is 24.4 Å². The molecule has 23 heavy (non-hydrogen) atoms. The number of piperidine rings is 1. The minimum absolute atomic E-state index is 0.580. The summed E-state index contributed by atoms with van der Waals surface area (Å²) in [5, 5.41) is 0. The molecule has 1 fully saturated rings. The van der Waals surface area contributed by atoms with E-state index in [2.05, 4.69) is 47.7 Å². The topological polar surface area (TPSA) is 45.2 Å². The third-order valence-electron chi connectivity index (χ3n) is 4.68. The van der Waals surface area contributed by atoms with E-state index in [1.54, 1.807) is 6.20 Å². The number of anilines is 1. The molecule has 1 aliphatic heterocycles. The number of likely N-dealkylation sites (N-methyl/N-ethyl adjacent to an activating group) is 1. The Morgan fingerprint density at radius 2 is 2.00 bits per heavy atom. The maximum atomic E-state index is 4.85. The monoisotopic (exact) mass is 311 g/mol. The Bertz CT molecular complexity index is 669. The van der Waals surface area contributed by atoms with Gasteiger partial charge in [0.05, 0.1) is 0 Å². The number of hydrogen-bond acceptors (Lipinski definition) is 5. The Morgan fingerprint density at radius 3 is 2.70 bits per heavy atom. The van der Waals surface area contributed by atoms with Crippen LogP contribution in [-0.2, 0) is 0 Å². The van der Waals surface area contributed by atoms with E-state index in [0.29, 0.717) is 6.04 Å². The lowest BCUT2D eigenvalue weighted by Gasteiger charge is -2.37. The Hall–Kier alpha value is -2.01. The quantitative estimate of drug-likeness (QED) is 0.872. The second kappa shape index (κ2) is 6.62. The van der Waals surface area contributed by atoms with E-state index >= 15 is 0 Å². The van der Waals surface area contributed by atoms with Crippen LogP contribution in [0, 0.1) is 13.8 Å². The van der Waals surface area contributed by atoms with E-state index in [0.717, 1.165) is 36.1 Å². The highest BCUT2D eigenvalue weighted by atomic mass is 15.2. The molecule has 0 aliphatic carbocycles. The zero-order valence-corrected chi connectivity index (χ0v) is 14.5. The van der Waals surface area contributed by atoms with Crippen molar-refractivity contribution >= 4 is 5.82 Å². The second-order valence-corrected chi connectivity index (χ2v) is 6.50. The number of aromatic nitrogens is 3. The van der Waals surface area contributed by atoms with Crippen LogP contribution < -0.4 is 4.90 Å². The fourth-order valence-electron chi connectivity index (χ4n) is 3.10. The van der Waals surface area contributed by atoms with Gasteiger partial charge in [0, 0.05) is 36.6 Å². The van der Waals surface area contributed by atoms with Gasteiger partial charge < -0.3 is 9.80 Å². The van der Waals surface area contributed by atoms with Gasteiger partial charge in [-0.25, -0.2) is 9.97 Å². The lowest BCUT2D eigenvalue weighted by Crippen LogP contribution is -2.45. The van der Waals surface area contributed by atoms with Gasteiger partial charge in [0.15, 0.2) is 5.82 Å². The summed E-state index contributed by atoms with van der Waals surface area (Å²) in [6.45, 7) is 6.25. The number of pyridine rings is 1. The van der Waals surface area contributed by atoms with Gasteiger partial charge in [-0.1, -0.05) is 6.07 Å². The van der Waals surface area contributed by atoms with Crippen LogP contribution in [0.2, 0.25) is 0 Å². The molecule has 3 heterocycles. The molecule has 0 spiro atoms. The summed E-state index contributed by atoms with van der Waals surface area (Å²) in [7, 11) is 4.32. The van der Waals surface area contributed by atoms with Gasteiger partial charge in [-0.2, -0.15) is 0 Å². The van der Waals surface area contributed by atoms with E-state index in [1.807, 2.05) is 18.2 Å². The van der Waals surface area contributed by atoms with E-state index < -0.39 is 0 Å². The van der Waals surface area contributed by atoms with Crippen LogP contribution in [0.4, 0.5) is 5.82 Å². The fourth-order valence-corrected chi connectivity index (χ4v) is 3.10. The predicted octanol–water partition coefficient (Wildman–Crippen LogP) is 2.69. The standard InChI is InChI=1S/C18H25N5/c1-13-14(2)20-17(16-9-5-6-10-19-16)21-18(13)23-11-7-8-15(12-23)22(3)4/h5-6,9-10,15H,7-8,11-12H2,1-4H3. The van der Waals surface area contributed by atoms with Crippen LogP contribution in [-0.4, -0.2) is 53.1 Å². The molecule has 2 aromatic rings. The molecule has 5 nitrogen and oxygen atoms in total. The molecule has 122 valence electrons. The first-order chi connectivity index (χ1) is 11.1. The molecule has 0 bridgehead atoms. The molecule has 1 aliphatic rings. The molecule has 1 saturated heterocycles. The van der Waals surface area contributed by atoms with Crippen LogP contribution in [0.3, 0.4) is 0 Å². The van der Waals surface area contributed by atoms with Gasteiger partial charge in [-0.15, -0.1) is 0 Å². The smallest absolute Gasteiger partial charge is 0.180 e. The van der Waals surface area contributed by atoms with Crippen LogP contribution >= 0.6 is 0 Å². The van der Waals surface area contributed by atoms with Gasteiger partial charge in [-0.3, -0.25) is 4.98 Å². The normalized spacial score (nSPS) is 18.5. The van der Waals surface area contributed by atoms with Gasteiger partial charge in [0.1, 0.15) is 11.5 Å². The van der Waals surface area contributed by atoms with Crippen LogP contribution in [0.5, 0.6) is 0 Å². The molecule has 0 N–H and O–H groups in total. The predicted molar refractivity (Wildman–Crippen MR) is 93.7 cm³/mol. The van der Waals surface area contributed by atoms with Crippen molar-refractivity contribution in [2.45, 2.75) is 32.7 Å². The van der Waals surface area contributed by atoms with Crippen molar-refractivity contribution in [3.05, 3.63) is 35.7 Å². The first-order valence-electron chi connectivity index (χ1n) is 8.24. The average molecular weight is 311 g/mol. The van der Waals surface area contributed by atoms with Gasteiger partial charge >= 0.3 is 0 Å². The Balaban J connectivity index is 1.97.